The monoisotopic (exact) mass is 448 g/mol. The number of hydrogen-bond donors (Lipinski definition) is 1. The summed E-state index contributed by atoms with van der Waals surface area (Å²) in [4.78, 5) is 37.8. The second-order valence-corrected chi connectivity index (χ2v) is 11.3. The van der Waals surface area contributed by atoms with Gasteiger partial charge in [-0.25, -0.2) is 4.39 Å². The number of ether oxygens (including phenoxy) is 1. The molecule has 3 saturated carbocycles. The molecule has 0 aromatic rings. The number of carbonyl (C=O) groups is 3. The molecule has 0 bridgehead atoms. The maximum Gasteiger partial charge on any atom is 0.306 e. The number of carbonyl (C=O) groups excluding carboxylic acids is 3. The quantitative estimate of drug-likeness (QED) is 0.641. The van der Waals surface area contributed by atoms with Gasteiger partial charge in [0.2, 0.25) is 0 Å². The second-order valence-electron chi connectivity index (χ2n) is 11.3. The molecule has 0 saturated heterocycles. The summed E-state index contributed by atoms with van der Waals surface area (Å²) in [5.74, 6) is -1.51. The highest BCUT2D eigenvalue weighted by Gasteiger charge is 2.76. The van der Waals surface area contributed by atoms with Gasteiger partial charge < -0.3 is 9.84 Å². The van der Waals surface area contributed by atoms with Gasteiger partial charge in [-0.15, -0.1) is 0 Å². The Kier molecular flexibility index (Phi) is 5.51. The summed E-state index contributed by atoms with van der Waals surface area (Å²) in [6, 6.07) is 0. The van der Waals surface area contributed by atoms with E-state index in [1.54, 1.807) is 6.08 Å². The largest absolute Gasteiger partial charge is 0.450 e. The van der Waals surface area contributed by atoms with Gasteiger partial charge in [-0.1, -0.05) is 33.3 Å². The number of ketones is 2. The first-order valence-corrected chi connectivity index (χ1v) is 12.2. The van der Waals surface area contributed by atoms with Crippen molar-refractivity contribution in [2.45, 2.75) is 103 Å². The molecule has 178 valence electrons. The van der Waals surface area contributed by atoms with Crippen LogP contribution in [-0.4, -0.2) is 40.0 Å². The average molecular weight is 449 g/mol. The molecule has 4 rings (SSSR count). The van der Waals surface area contributed by atoms with Crippen LogP contribution in [0.3, 0.4) is 0 Å². The van der Waals surface area contributed by atoms with Crippen LogP contribution in [0.25, 0.3) is 0 Å². The standard InChI is InChI=1S/C26H37FO5/c1-6-7-22(31)32-26(16(3)28)15(2)12-20-19-9-8-17-13-18(29)10-11-23(17,4)25(19,27)21(30)14-24(20,26)5/h13,15,19-21,30H,6-12,14H2,1-5H3/t15?,19-,20-,21?,23-,24-,25-,26-/m0/s1. The molecule has 0 aliphatic heterocycles. The number of allylic oxidation sites excluding steroid dienone is 1. The van der Waals surface area contributed by atoms with E-state index in [4.69, 9.17) is 4.74 Å². The highest BCUT2D eigenvalue weighted by molar-refractivity contribution is 5.92. The van der Waals surface area contributed by atoms with Crippen LogP contribution in [0.4, 0.5) is 4.39 Å². The van der Waals surface area contributed by atoms with E-state index in [1.807, 2.05) is 27.7 Å². The Labute approximate surface area is 190 Å². The number of rotatable bonds is 4. The van der Waals surface area contributed by atoms with Crippen LogP contribution in [-0.2, 0) is 19.1 Å². The molecule has 3 fully saturated rings. The first-order valence-electron chi connectivity index (χ1n) is 12.2. The van der Waals surface area contributed by atoms with E-state index in [2.05, 4.69) is 0 Å². The Balaban J connectivity index is 1.81. The number of hydrogen-bond acceptors (Lipinski definition) is 5. The topological polar surface area (TPSA) is 80.7 Å². The van der Waals surface area contributed by atoms with Crippen molar-refractivity contribution >= 4 is 17.5 Å². The predicted octanol–water partition coefficient (Wildman–Crippen LogP) is 4.50. The van der Waals surface area contributed by atoms with Gasteiger partial charge in [0.05, 0.1) is 6.10 Å². The van der Waals surface area contributed by atoms with E-state index < -0.39 is 40.1 Å². The molecular formula is C26H37FO5. The second kappa shape index (κ2) is 7.48. The molecule has 32 heavy (non-hydrogen) atoms. The Hall–Kier alpha value is -1.56. The van der Waals surface area contributed by atoms with Crippen LogP contribution in [0, 0.1) is 28.6 Å². The fraction of sp³-hybridized carbons (Fsp3) is 0.808. The zero-order chi connectivity index (χ0) is 23.7. The molecule has 0 heterocycles. The molecule has 4 aliphatic carbocycles. The molecule has 0 aromatic carbocycles. The third kappa shape index (κ3) is 2.74. The fourth-order valence-electron chi connectivity index (χ4n) is 8.36. The molecule has 0 aromatic heterocycles. The third-order valence-electron chi connectivity index (χ3n) is 9.83. The molecule has 1 N–H and O–H groups in total. The van der Waals surface area contributed by atoms with Gasteiger partial charge in [0.25, 0.3) is 0 Å². The lowest BCUT2D eigenvalue weighted by molar-refractivity contribution is -0.234. The molecular weight excluding hydrogens is 411 g/mol. The minimum absolute atomic E-state index is 0.0302. The van der Waals surface area contributed by atoms with Crippen molar-refractivity contribution in [3.63, 3.8) is 0 Å². The number of alkyl halides is 1. The summed E-state index contributed by atoms with van der Waals surface area (Å²) < 4.78 is 23.2. The van der Waals surface area contributed by atoms with Crippen LogP contribution in [0.15, 0.2) is 11.6 Å². The lowest BCUT2D eigenvalue weighted by Crippen LogP contribution is -2.70. The maximum atomic E-state index is 17.2. The first kappa shape index (κ1) is 23.6. The average Bonchev–Trinajstić information content (AvgIpc) is 2.92. The summed E-state index contributed by atoms with van der Waals surface area (Å²) in [6.45, 7) is 9.05. The molecule has 4 aliphatic rings. The molecule has 6 heteroatoms. The van der Waals surface area contributed by atoms with Crippen molar-refractivity contribution in [1.82, 2.24) is 0 Å². The fourth-order valence-corrected chi connectivity index (χ4v) is 8.36. The maximum absolute atomic E-state index is 17.2. The summed E-state index contributed by atoms with van der Waals surface area (Å²) >= 11 is 0. The summed E-state index contributed by atoms with van der Waals surface area (Å²) in [7, 11) is 0. The van der Waals surface area contributed by atoms with E-state index in [0.717, 1.165) is 5.57 Å². The first-order chi connectivity index (χ1) is 14.9. The Morgan fingerprint density at radius 3 is 2.56 bits per heavy atom. The van der Waals surface area contributed by atoms with Crippen molar-refractivity contribution in [2.75, 3.05) is 0 Å². The van der Waals surface area contributed by atoms with Gasteiger partial charge in [0.1, 0.15) is 5.67 Å². The highest BCUT2D eigenvalue weighted by atomic mass is 19.1. The van der Waals surface area contributed by atoms with Crippen LogP contribution in [0.1, 0.15) is 86.0 Å². The van der Waals surface area contributed by atoms with Crippen molar-refractivity contribution < 1.29 is 28.6 Å². The number of halogens is 1. The third-order valence-corrected chi connectivity index (χ3v) is 9.83. The summed E-state index contributed by atoms with van der Waals surface area (Å²) in [6.07, 6.45) is 3.60. The van der Waals surface area contributed by atoms with Gasteiger partial charge in [-0.3, -0.25) is 14.4 Å². The zero-order valence-corrected chi connectivity index (χ0v) is 20.0. The molecule has 2 unspecified atom stereocenters. The Bertz CT molecular complexity index is 881. The Morgan fingerprint density at radius 2 is 1.94 bits per heavy atom. The minimum Gasteiger partial charge on any atom is -0.450 e. The van der Waals surface area contributed by atoms with Crippen molar-refractivity contribution in [2.24, 2.45) is 28.6 Å². The van der Waals surface area contributed by atoms with Crippen molar-refractivity contribution in [3.8, 4) is 0 Å². The van der Waals surface area contributed by atoms with E-state index in [0.29, 0.717) is 32.1 Å². The molecule has 0 spiro atoms. The van der Waals surface area contributed by atoms with E-state index in [1.165, 1.54) is 6.92 Å². The zero-order valence-electron chi connectivity index (χ0n) is 20.0. The van der Waals surface area contributed by atoms with Gasteiger partial charge >= 0.3 is 5.97 Å². The smallest absolute Gasteiger partial charge is 0.306 e. The SMILES string of the molecule is CCCC(=O)O[C@]1(C(C)=O)C(C)C[C@H]2[C@@H]3CCC4=CC(=O)CC[C@]4(C)[C@@]3(F)C(O)C[C@@]21C. The van der Waals surface area contributed by atoms with Gasteiger partial charge in [0.15, 0.2) is 17.2 Å². The summed E-state index contributed by atoms with van der Waals surface area (Å²) in [5.41, 5.74) is -4.15. The number of fused-ring (bicyclic) bond motifs is 5. The van der Waals surface area contributed by atoms with Crippen LogP contribution >= 0.6 is 0 Å². The predicted molar refractivity (Wildman–Crippen MR) is 117 cm³/mol. The minimum atomic E-state index is -1.87. The van der Waals surface area contributed by atoms with E-state index in [-0.39, 0.29) is 42.7 Å². The van der Waals surface area contributed by atoms with Crippen molar-refractivity contribution in [1.29, 1.82) is 0 Å². The lowest BCUT2D eigenvalue weighted by Gasteiger charge is -2.63. The van der Waals surface area contributed by atoms with Crippen LogP contribution < -0.4 is 0 Å². The number of esters is 1. The number of Topliss-reactive ketones (excluding diaryl/α,β-unsaturated/α-hetero) is 1. The Morgan fingerprint density at radius 1 is 1.25 bits per heavy atom. The van der Waals surface area contributed by atoms with Gasteiger partial charge in [0, 0.05) is 35.5 Å². The number of aliphatic hydroxyl groups excluding tert-OH is 1. The molecule has 0 amide bonds. The van der Waals surface area contributed by atoms with Gasteiger partial charge in [-0.05, 0) is 57.4 Å². The lowest BCUT2D eigenvalue weighted by atomic mass is 9.43. The van der Waals surface area contributed by atoms with Gasteiger partial charge in [-0.2, -0.15) is 0 Å². The normalized spacial score (nSPS) is 47.7. The van der Waals surface area contributed by atoms with E-state index in [9.17, 15) is 19.5 Å². The molecule has 5 nitrogen and oxygen atoms in total. The molecule has 0 radical (unpaired) electrons. The highest BCUT2D eigenvalue weighted by Crippen LogP contribution is 2.71. The van der Waals surface area contributed by atoms with Crippen LogP contribution in [0.2, 0.25) is 0 Å². The number of aliphatic hydroxyl groups is 1. The molecule has 8 atom stereocenters. The van der Waals surface area contributed by atoms with E-state index >= 15 is 4.39 Å². The van der Waals surface area contributed by atoms with Crippen LogP contribution in [0.5, 0.6) is 0 Å². The van der Waals surface area contributed by atoms with Crippen molar-refractivity contribution in [3.05, 3.63) is 11.6 Å². The summed E-state index contributed by atoms with van der Waals surface area (Å²) in [5, 5.41) is 11.4.